The molecule has 2 atom stereocenters. The van der Waals surface area contributed by atoms with E-state index in [0.717, 1.165) is 18.7 Å². The summed E-state index contributed by atoms with van der Waals surface area (Å²) in [4.78, 5) is 0. The van der Waals surface area contributed by atoms with Crippen LogP contribution in [0.5, 0.6) is 0 Å². The largest absolute Gasteiger partial charge is 0.392 e. The number of rotatable bonds is 4. The molecular formula is C10H21OPS2. The van der Waals surface area contributed by atoms with E-state index < -0.39 is 5.24 Å². The molecule has 0 aromatic rings. The number of hydrogen-bond donors (Lipinski definition) is 1. The summed E-state index contributed by atoms with van der Waals surface area (Å²) in [6, 6.07) is 0. The minimum atomic E-state index is -1.20. The zero-order chi connectivity index (χ0) is 10.6. The van der Waals surface area contributed by atoms with Gasteiger partial charge in [0.05, 0.1) is 6.10 Å². The predicted octanol–water partition coefficient (Wildman–Crippen LogP) is 3.46. The molecule has 0 aromatic heterocycles. The monoisotopic (exact) mass is 252 g/mol. The summed E-state index contributed by atoms with van der Waals surface area (Å²) in [7, 11) is 0. The summed E-state index contributed by atoms with van der Waals surface area (Å²) >= 11 is 7.65. The molecule has 1 saturated carbocycles. The first-order valence-corrected chi connectivity index (χ1v) is 10.2. The Bertz CT molecular complexity index is 212. The average molecular weight is 252 g/mol. The maximum absolute atomic E-state index is 9.87. The second kappa shape index (κ2) is 5.89. The molecule has 0 bridgehead atoms. The molecule has 14 heavy (non-hydrogen) atoms. The smallest absolute Gasteiger partial charge is 0.0662 e. The third-order valence-corrected chi connectivity index (χ3v) is 11.9. The van der Waals surface area contributed by atoms with Crippen molar-refractivity contribution in [2.24, 2.45) is 0 Å². The summed E-state index contributed by atoms with van der Waals surface area (Å²) in [5.74, 6) is 0. The summed E-state index contributed by atoms with van der Waals surface area (Å²) < 4.78 is 0. The first kappa shape index (κ1) is 13.0. The first-order chi connectivity index (χ1) is 6.61. The molecule has 0 aliphatic heterocycles. The standard InChI is InChI=1S/C10H21OPS2/c1-3-12(13,4-2)14-10-8-6-5-7-9(10)11/h9-11H,3-8H2,1-2H3/t9-,10-/m0/s1. The summed E-state index contributed by atoms with van der Waals surface area (Å²) in [6.07, 6.45) is 6.80. The summed E-state index contributed by atoms with van der Waals surface area (Å²) in [5, 5.41) is 9.12. The van der Waals surface area contributed by atoms with Crippen molar-refractivity contribution >= 4 is 28.4 Å². The zero-order valence-corrected chi connectivity index (χ0v) is 11.6. The highest BCUT2D eigenvalue weighted by Crippen LogP contribution is 2.61. The molecule has 1 N–H and O–H groups in total. The Morgan fingerprint density at radius 1 is 1.29 bits per heavy atom. The Labute approximate surface area is 96.8 Å². The van der Waals surface area contributed by atoms with Crippen molar-refractivity contribution in [3.8, 4) is 0 Å². The maximum Gasteiger partial charge on any atom is 0.0662 e. The van der Waals surface area contributed by atoms with Gasteiger partial charge >= 0.3 is 0 Å². The molecule has 0 amide bonds. The Balaban J connectivity index is 2.52. The van der Waals surface area contributed by atoms with Crippen LogP contribution >= 0.6 is 16.6 Å². The van der Waals surface area contributed by atoms with Crippen LogP contribution in [0.25, 0.3) is 0 Å². The quantitative estimate of drug-likeness (QED) is 0.774. The van der Waals surface area contributed by atoms with Gasteiger partial charge in [-0.1, -0.05) is 38.5 Å². The summed E-state index contributed by atoms with van der Waals surface area (Å²) in [6.45, 7) is 4.40. The van der Waals surface area contributed by atoms with E-state index in [4.69, 9.17) is 11.8 Å². The molecule has 0 aromatic carbocycles. The molecule has 4 heteroatoms. The maximum atomic E-state index is 9.87. The molecule has 0 unspecified atom stereocenters. The number of hydrogen-bond acceptors (Lipinski definition) is 3. The fraction of sp³-hybridized carbons (Fsp3) is 1.00. The normalized spacial score (nSPS) is 29.1. The lowest BCUT2D eigenvalue weighted by atomic mass is 9.97. The Kier molecular flexibility index (Phi) is 5.48. The Hall–Kier alpha value is 0.960. The Morgan fingerprint density at radius 2 is 1.86 bits per heavy atom. The van der Waals surface area contributed by atoms with Crippen molar-refractivity contribution in [2.45, 2.75) is 50.9 Å². The summed E-state index contributed by atoms with van der Waals surface area (Å²) in [5.41, 5.74) is 0. The van der Waals surface area contributed by atoms with Crippen LogP contribution in [0.2, 0.25) is 0 Å². The van der Waals surface area contributed by atoms with Crippen LogP contribution in [0.4, 0.5) is 0 Å². The van der Waals surface area contributed by atoms with Gasteiger partial charge in [-0.05, 0) is 25.2 Å². The second-order valence-electron chi connectivity index (χ2n) is 3.94. The fourth-order valence-corrected chi connectivity index (χ4v) is 7.71. The van der Waals surface area contributed by atoms with E-state index in [0.29, 0.717) is 5.25 Å². The lowest BCUT2D eigenvalue weighted by molar-refractivity contribution is 0.137. The molecule has 84 valence electrons. The molecule has 1 aliphatic rings. The highest BCUT2D eigenvalue weighted by molar-refractivity contribution is 8.71. The highest BCUT2D eigenvalue weighted by Gasteiger charge is 2.28. The van der Waals surface area contributed by atoms with Crippen molar-refractivity contribution in [2.75, 3.05) is 12.3 Å². The third-order valence-electron chi connectivity index (χ3n) is 2.96. The van der Waals surface area contributed by atoms with Gasteiger partial charge in [0.25, 0.3) is 0 Å². The molecule has 1 nitrogen and oxygen atoms in total. The number of aliphatic hydroxyl groups is 1. The van der Waals surface area contributed by atoms with Crippen molar-refractivity contribution in [1.29, 1.82) is 0 Å². The van der Waals surface area contributed by atoms with E-state index in [1.807, 2.05) is 11.4 Å². The van der Waals surface area contributed by atoms with Gasteiger partial charge in [0.2, 0.25) is 0 Å². The average Bonchev–Trinajstić information content (AvgIpc) is 2.21. The van der Waals surface area contributed by atoms with Crippen molar-refractivity contribution < 1.29 is 5.11 Å². The minimum Gasteiger partial charge on any atom is -0.392 e. The topological polar surface area (TPSA) is 20.2 Å². The van der Waals surface area contributed by atoms with Gasteiger partial charge in [-0.25, -0.2) is 0 Å². The van der Waals surface area contributed by atoms with Crippen molar-refractivity contribution in [3.63, 3.8) is 0 Å². The van der Waals surface area contributed by atoms with E-state index in [9.17, 15) is 5.11 Å². The van der Waals surface area contributed by atoms with Gasteiger partial charge in [0, 0.05) is 10.5 Å². The highest BCUT2D eigenvalue weighted by atomic mass is 32.9. The van der Waals surface area contributed by atoms with Crippen molar-refractivity contribution in [1.82, 2.24) is 0 Å². The molecule has 1 aliphatic carbocycles. The number of aliphatic hydroxyl groups excluding tert-OH is 1. The second-order valence-corrected chi connectivity index (χ2v) is 13.2. The minimum absolute atomic E-state index is 0.0887. The van der Waals surface area contributed by atoms with Crippen LogP contribution in [0.15, 0.2) is 0 Å². The molecule has 1 fully saturated rings. The van der Waals surface area contributed by atoms with Crippen LogP contribution in [0.3, 0.4) is 0 Å². The van der Waals surface area contributed by atoms with E-state index in [2.05, 4.69) is 13.8 Å². The third kappa shape index (κ3) is 3.52. The van der Waals surface area contributed by atoms with Gasteiger partial charge in [-0.15, -0.1) is 11.4 Å². The molecule has 0 spiro atoms. The molecular weight excluding hydrogens is 231 g/mol. The van der Waals surface area contributed by atoms with Crippen LogP contribution < -0.4 is 0 Å². The van der Waals surface area contributed by atoms with Crippen LogP contribution in [0, 0.1) is 0 Å². The SMILES string of the molecule is CCP(=S)(CC)S[C@H]1CCCC[C@@H]1O. The van der Waals surface area contributed by atoms with Crippen LogP contribution in [-0.4, -0.2) is 28.8 Å². The van der Waals surface area contributed by atoms with E-state index >= 15 is 0 Å². The van der Waals surface area contributed by atoms with Crippen molar-refractivity contribution in [3.05, 3.63) is 0 Å². The van der Waals surface area contributed by atoms with E-state index in [-0.39, 0.29) is 6.10 Å². The molecule has 1 rings (SSSR count). The lowest BCUT2D eigenvalue weighted by Crippen LogP contribution is -2.26. The van der Waals surface area contributed by atoms with Gasteiger partial charge in [0.1, 0.15) is 0 Å². The van der Waals surface area contributed by atoms with E-state index in [1.54, 1.807) is 0 Å². The van der Waals surface area contributed by atoms with Crippen LogP contribution in [-0.2, 0) is 11.8 Å². The Morgan fingerprint density at radius 3 is 2.36 bits per heavy atom. The molecule has 0 radical (unpaired) electrons. The van der Waals surface area contributed by atoms with Gasteiger partial charge in [0.15, 0.2) is 0 Å². The van der Waals surface area contributed by atoms with Gasteiger partial charge in [-0.2, -0.15) is 0 Å². The van der Waals surface area contributed by atoms with E-state index in [1.165, 1.54) is 19.3 Å². The lowest BCUT2D eigenvalue weighted by Gasteiger charge is -2.31. The predicted molar refractivity (Wildman–Crippen MR) is 71.2 cm³/mol. The van der Waals surface area contributed by atoms with Gasteiger partial charge in [-0.3, -0.25) is 0 Å². The molecule has 0 saturated heterocycles. The van der Waals surface area contributed by atoms with Crippen LogP contribution in [0.1, 0.15) is 39.5 Å². The zero-order valence-electron chi connectivity index (χ0n) is 9.11. The van der Waals surface area contributed by atoms with Gasteiger partial charge < -0.3 is 5.11 Å². The first-order valence-electron chi connectivity index (χ1n) is 5.56. The molecule has 0 heterocycles. The fourth-order valence-electron chi connectivity index (χ4n) is 1.82.